The molecule has 1 aromatic heterocycles. The molecule has 0 radical (unpaired) electrons. The van der Waals surface area contributed by atoms with Crippen molar-refractivity contribution in [1.82, 2.24) is 4.90 Å². The summed E-state index contributed by atoms with van der Waals surface area (Å²) >= 11 is 1.72. The predicted octanol–water partition coefficient (Wildman–Crippen LogP) is 1.67. The minimum absolute atomic E-state index is 0.147. The summed E-state index contributed by atoms with van der Waals surface area (Å²) in [4.78, 5) is 57.8. The zero-order chi connectivity index (χ0) is 28.4. The first-order chi connectivity index (χ1) is 19.2. The number of amides is 1. The molecule has 2 atom stereocenters. The molecule has 2 aromatic rings. The van der Waals surface area contributed by atoms with Crippen LogP contribution in [0, 0.1) is 0 Å². The van der Waals surface area contributed by atoms with Crippen molar-refractivity contribution in [2.45, 2.75) is 49.0 Å². The van der Waals surface area contributed by atoms with Crippen molar-refractivity contribution < 1.29 is 43.2 Å². The molecule has 1 N–H and O–H groups in total. The number of carbonyl (C=O) groups excluding carboxylic acids is 4. The highest BCUT2D eigenvalue weighted by atomic mass is 32.1. The van der Waals surface area contributed by atoms with E-state index in [-0.39, 0.29) is 6.61 Å². The summed E-state index contributed by atoms with van der Waals surface area (Å²) in [5.74, 6) is -6.81. The number of hydrogen-bond donors (Lipinski definition) is 1. The van der Waals surface area contributed by atoms with Gasteiger partial charge in [0.15, 0.2) is 12.2 Å². The molecule has 3 fully saturated rings. The van der Waals surface area contributed by atoms with E-state index in [4.69, 9.17) is 18.9 Å². The first kappa shape index (κ1) is 28.2. The number of nitrogens with zero attached hydrogens (tertiary/aromatic N) is 2. The van der Waals surface area contributed by atoms with Crippen molar-refractivity contribution >= 4 is 40.8 Å². The Kier molecular flexibility index (Phi) is 7.96. The van der Waals surface area contributed by atoms with Crippen molar-refractivity contribution in [3.8, 4) is 0 Å². The van der Waals surface area contributed by atoms with Crippen molar-refractivity contribution in [2.75, 3.05) is 44.9 Å². The Hall–Kier alpha value is -3.32. The van der Waals surface area contributed by atoms with E-state index in [0.717, 1.165) is 13.0 Å². The molecule has 0 saturated carbocycles. The van der Waals surface area contributed by atoms with Crippen molar-refractivity contribution in [3.05, 3.63) is 52.7 Å². The molecular weight excluding hydrogens is 540 g/mol. The van der Waals surface area contributed by atoms with Gasteiger partial charge in [-0.05, 0) is 42.8 Å². The Bertz CT molecular complexity index is 1250. The predicted molar refractivity (Wildman–Crippen MR) is 142 cm³/mol. The lowest BCUT2D eigenvalue weighted by atomic mass is 9.84. The zero-order valence-corrected chi connectivity index (χ0v) is 23.0. The number of rotatable bonds is 8. The number of fused-ring (bicyclic) bond motifs is 3. The van der Waals surface area contributed by atoms with E-state index in [1.165, 1.54) is 9.78 Å². The lowest BCUT2D eigenvalue weighted by Gasteiger charge is -2.50. The van der Waals surface area contributed by atoms with Crippen LogP contribution in [0.15, 0.2) is 47.8 Å². The van der Waals surface area contributed by atoms with Gasteiger partial charge < -0.3 is 29.0 Å². The largest absolute Gasteiger partial charge is 0.457 e. The third kappa shape index (κ3) is 5.49. The Morgan fingerprint density at radius 1 is 1.05 bits per heavy atom. The number of ether oxygens (including phenoxy) is 4. The van der Waals surface area contributed by atoms with Gasteiger partial charge in [-0.1, -0.05) is 24.3 Å². The second-order valence-electron chi connectivity index (χ2n) is 10.5. The minimum Gasteiger partial charge on any atom is -0.457 e. The number of benzene rings is 1. The molecule has 0 aliphatic carbocycles. The van der Waals surface area contributed by atoms with Gasteiger partial charge in [0.1, 0.15) is 0 Å². The van der Waals surface area contributed by atoms with Gasteiger partial charge in [0.05, 0.1) is 25.0 Å². The minimum atomic E-state index is -2.61. The summed E-state index contributed by atoms with van der Waals surface area (Å²) in [6, 6.07) is 12.9. The maximum atomic E-state index is 14.6. The number of esters is 3. The van der Waals surface area contributed by atoms with Crippen LogP contribution in [0.3, 0.4) is 0 Å². The van der Waals surface area contributed by atoms with Gasteiger partial charge in [0, 0.05) is 37.3 Å². The highest BCUT2D eigenvalue weighted by Gasteiger charge is 2.62. The van der Waals surface area contributed by atoms with Crippen LogP contribution >= 0.6 is 11.3 Å². The average molecular weight is 573 g/mol. The SMILES string of the molecule is COCC1(N(C(=O)C23COC(=O)CC(O)(CC(=O)O2)C(=O)O3)c2ccccc2)CCN(CCc2cccs2)CC1. The van der Waals surface area contributed by atoms with E-state index in [1.807, 2.05) is 6.07 Å². The van der Waals surface area contributed by atoms with E-state index in [2.05, 4.69) is 16.3 Å². The van der Waals surface area contributed by atoms with E-state index in [9.17, 15) is 24.3 Å². The molecule has 11 nitrogen and oxygen atoms in total. The second kappa shape index (κ2) is 11.3. The van der Waals surface area contributed by atoms with Crippen LogP contribution < -0.4 is 4.90 Å². The molecule has 5 rings (SSSR count). The summed E-state index contributed by atoms with van der Waals surface area (Å²) in [7, 11) is 1.54. The van der Waals surface area contributed by atoms with E-state index < -0.39 is 60.2 Å². The first-order valence-corrected chi connectivity index (χ1v) is 14.0. The number of aliphatic hydroxyl groups is 1. The number of thiophene rings is 1. The Morgan fingerprint density at radius 2 is 1.77 bits per heavy atom. The third-order valence-corrected chi connectivity index (χ3v) is 8.62. The van der Waals surface area contributed by atoms with Crippen LogP contribution in [-0.2, 0) is 44.5 Å². The maximum Gasteiger partial charge on any atom is 0.372 e. The van der Waals surface area contributed by atoms with Gasteiger partial charge in [-0.25, -0.2) is 4.79 Å². The van der Waals surface area contributed by atoms with Gasteiger partial charge in [0.25, 0.3) is 0 Å². The van der Waals surface area contributed by atoms with Crippen LogP contribution in [0.2, 0.25) is 0 Å². The second-order valence-corrected chi connectivity index (χ2v) is 11.5. The molecule has 1 amide bonds. The molecule has 3 saturated heterocycles. The summed E-state index contributed by atoms with van der Waals surface area (Å²) in [5, 5.41) is 12.8. The van der Waals surface area contributed by atoms with Crippen LogP contribution in [0.5, 0.6) is 0 Å². The Morgan fingerprint density at radius 3 is 2.45 bits per heavy atom. The number of anilines is 1. The number of carbonyl (C=O) groups is 4. The molecule has 1 aromatic carbocycles. The lowest BCUT2D eigenvalue weighted by Crippen LogP contribution is -2.67. The Labute approximate surface area is 235 Å². The normalized spacial score (nSPS) is 26.6. The van der Waals surface area contributed by atoms with Crippen molar-refractivity contribution in [2.24, 2.45) is 0 Å². The van der Waals surface area contributed by atoms with E-state index in [1.54, 1.807) is 48.8 Å². The lowest BCUT2D eigenvalue weighted by molar-refractivity contribution is -0.241. The van der Waals surface area contributed by atoms with Crippen molar-refractivity contribution in [3.63, 3.8) is 0 Å². The van der Waals surface area contributed by atoms with E-state index >= 15 is 0 Å². The van der Waals surface area contributed by atoms with Crippen LogP contribution in [-0.4, -0.2) is 90.7 Å². The Balaban J connectivity index is 1.49. The molecule has 40 heavy (non-hydrogen) atoms. The molecule has 0 spiro atoms. The highest BCUT2D eigenvalue weighted by Crippen LogP contribution is 2.39. The summed E-state index contributed by atoms with van der Waals surface area (Å²) in [6.45, 7) is 1.49. The third-order valence-electron chi connectivity index (χ3n) is 7.68. The first-order valence-electron chi connectivity index (χ1n) is 13.2. The molecule has 2 unspecified atom stereocenters. The fourth-order valence-electron chi connectivity index (χ4n) is 5.58. The molecule has 3 aliphatic heterocycles. The van der Waals surface area contributed by atoms with Crippen LogP contribution in [0.4, 0.5) is 5.69 Å². The monoisotopic (exact) mass is 572 g/mol. The summed E-state index contributed by atoms with van der Waals surface area (Å²) < 4.78 is 21.7. The molecule has 3 aliphatic rings. The average Bonchev–Trinajstić information content (AvgIpc) is 3.43. The molecular formula is C28H32N2O9S. The number of methoxy groups -OCH3 is 1. The number of hydrogen-bond acceptors (Lipinski definition) is 11. The quantitative estimate of drug-likeness (QED) is 0.466. The fourth-order valence-corrected chi connectivity index (χ4v) is 6.27. The highest BCUT2D eigenvalue weighted by molar-refractivity contribution is 7.09. The van der Waals surface area contributed by atoms with Gasteiger partial charge >= 0.3 is 29.6 Å². The topological polar surface area (TPSA) is 132 Å². The standard InChI is InChI=1S/C28H32N2O9S/c1-36-18-26(10-13-29(14-11-26)12-9-21-8-5-15-40-21)30(20-6-3-2-4-7-20)24(33)28-19-37-22(31)16-27(35,25(34)39-28)17-23(32)38-28/h2-8,15,35H,9-14,16-19H2,1H3. The molecule has 4 heterocycles. The zero-order valence-electron chi connectivity index (χ0n) is 22.2. The van der Waals surface area contributed by atoms with Gasteiger partial charge in [-0.3, -0.25) is 19.3 Å². The maximum absolute atomic E-state index is 14.6. The number of likely N-dealkylation sites (tertiary alicyclic amines) is 1. The van der Waals surface area contributed by atoms with Crippen LogP contribution in [0.1, 0.15) is 30.6 Å². The number of piperidine rings is 1. The van der Waals surface area contributed by atoms with E-state index in [0.29, 0.717) is 31.6 Å². The van der Waals surface area contributed by atoms with Crippen molar-refractivity contribution in [1.29, 1.82) is 0 Å². The van der Waals surface area contributed by atoms with Crippen LogP contribution in [0.25, 0.3) is 0 Å². The summed E-state index contributed by atoms with van der Waals surface area (Å²) in [5.41, 5.74) is -2.94. The van der Waals surface area contributed by atoms with Gasteiger partial charge in [-0.2, -0.15) is 0 Å². The molecule has 2 bridgehead atoms. The number of cyclic esters (lactones) is 1. The smallest absolute Gasteiger partial charge is 0.372 e. The fraction of sp³-hybridized carbons (Fsp3) is 0.500. The summed E-state index contributed by atoms with van der Waals surface area (Å²) in [6.07, 6.45) is 0.299. The number of para-hydroxylation sites is 1. The molecule has 12 heteroatoms. The molecule has 214 valence electrons. The van der Waals surface area contributed by atoms with Gasteiger partial charge in [-0.15, -0.1) is 11.3 Å². The van der Waals surface area contributed by atoms with Gasteiger partial charge in [0.2, 0.25) is 0 Å².